The lowest BCUT2D eigenvalue weighted by Gasteiger charge is -2.36. The first-order chi connectivity index (χ1) is 16.0. The van der Waals surface area contributed by atoms with Gasteiger partial charge in [0.05, 0.1) is 0 Å². The van der Waals surface area contributed by atoms with Gasteiger partial charge in [-0.15, -0.1) is 0 Å². The van der Waals surface area contributed by atoms with Gasteiger partial charge in [-0.1, -0.05) is 67.9 Å². The number of amides is 1. The van der Waals surface area contributed by atoms with E-state index in [2.05, 4.69) is 56.0 Å². The monoisotopic (exact) mass is 442 g/mol. The minimum atomic E-state index is 0.229. The van der Waals surface area contributed by atoms with Crippen LogP contribution in [0, 0.1) is 13.8 Å². The topological polar surface area (TPSA) is 49.3 Å². The van der Waals surface area contributed by atoms with E-state index >= 15 is 0 Å². The highest BCUT2D eigenvalue weighted by molar-refractivity contribution is 5.76. The van der Waals surface area contributed by atoms with Crippen LogP contribution in [0.3, 0.4) is 0 Å². The number of piperazine rings is 1. The standard InChI is InChI=1S/C28H34N4O/c1-5-25-24(19-23-18-20(3)12-13-21(23)4)28(30-27(29-25)22-10-8-7-9-11-22)32-16-14-31(15-17-32)26(33)6-2/h7-13,18H,5-6,14-17,19H2,1-4H3. The number of rotatable bonds is 6. The third-order valence-electron chi connectivity index (χ3n) is 6.54. The van der Waals surface area contributed by atoms with Gasteiger partial charge in [-0.05, 0) is 31.4 Å². The van der Waals surface area contributed by atoms with Gasteiger partial charge in [0.25, 0.3) is 0 Å². The van der Waals surface area contributed by atoms with Crippen LogP contribution in [0.25, 0.3) is 11.4 Å². The van der Waals surface area contributed by atoms with E-state index in [1.165, 1.54) is 22.3 Å². The highest BCUT2D eigenvalue weighted by atomic mass is 16.2. The van der Waals surface area contributed by atoms with Gasteiger partial charge >= 0.3 is 0 Å². The maximum Gasteiger partial charge on any atom is 0.222 e. The molecule has 0 radical (unpaired) electrons. The van der Waals surface area contributed by atoms with Crippen LogP contribution in [-0.4, -0.2) is 47.0 Å². The third-order valence-corrected chi connectivity index (χ3v) is 6.54. The molecule has 4 rings (SSSR count). The lowest BCUT2D eigenvalue weighted by Crippen LogP contribution is -2.49. The molecular weight excluding hydrogens is 408 g/mol. The number of aromatic nitrogens is 2. The Hall–Kier alpha value is -3.21. The molecule has 2 heterocycles. The van der Waals surface area contributed by atoms with E-state index in [9.17, 15) is 4.79 Å². The van der Waals surface area contributed by atoms with E-state index in [-0.39, 0.29) is 5.91 Å². The van der Waals surface area contributed by atoms with Crippen molar-refractivity contribution in [2.24, 2.45) is 0 Å². The fourth-order valence-corrected chi connectivity index (χ4v) is 4.54. The fourth-order valence-electron chi connectivity index (χ4n) is 4.54. The quantitative estimate of drug-likeness (QED) is 0.541. The van der Waals surface area contributed by atoms with E-state index < -0.39 is 0 Å². The average molecular weight is 443 g/mol. The predicted octanol–water partition coefficient (Wildman–Crippen LogP) is 4.97. The first-order valence-corrected chi connectivity index (χ1v) is 12.0. The van der Waals surface area contributed by atoms with Gasteiger partial charge in [0.1, 0.15) is 5.82 Å². The van der Waals surface area contributed by atoms with E-state index in [4.69, 9.17) is 9.97 Å². The summed E-state index contributed by atoms with van der Waals surface area (Å²) in [6, 6.07) is 16.9. The number of nitrogens with zero attached hydrogens (tertiary/aromatic N) is 4. The van der Waals surface area contributed by atoms with Gasteiger partial charge in [-0.3, -0.25) is 4.79 Å². The number of carbonyl (C=O) groups is 1. The number of hydrogen-bond donors (Lipinski definition) is 0. The first-order valence-electron chi connectivity index (χ1n) is 12.0. The summed E-state index contributed by atoms with van der Waals surface area (Å²) in [5, 5.41) is 0. The molecule has 0 unspecified atom stereocenters. The first kappa shape index (κ1) is 23.0. The molecule has 3 aromatic rings. The number of anilines is 1. The Kier molecular flexibility index (Phi) is 7.07. The van der Waals surface area contributed by atoms with Crippen LogP contribution in [0.2, 0.25) is 0 Å². The summed E-state index contributed by atoms with van der Waals surface area (Å²) < 4.78 is 0. The molecule has 0 saturated carbocycles. The normalized spacial score (nSPS) is 13.9. The van der Waals surface area contributed by atoms with Crippen LogP contribution in [0.5, 0.6) is 0 Å². The van der Waals surface area contributed by atoms with Crippen molar-refractivity contribution in [2.45, 2.75) is 47.0 Å². The second-order valence-corrected chi connectivity index (χ2v) is 8.84. The van der Waals surface area contributed by atoms with Crippen molar-refractivity contribution in [3.63, 3.8) is 0 Å². The van der Waals surface area contributed by atoms with Crippen molar-refractivity contribution in [1.82, 2.24) is 14.9 Å². The molecule has 0 spiro atoms. The molecule has 172 valence electrons. The number of hydrogen-bond acceptors (Lipinski definition) is 4. The molecule has 1 fully saturated rings. The molecule has 33 heavy (non-hydrogen) atoms. The lowest BCUT2D eigenvalue weighted by atomic mass is 9.96. The van der Waals surface area contributed by atoms with Crippen LogP contribution >= 0.6 is 0 Å². The van der Waals surface area contributed by atoms with E-state index in [1.54, 1.807) is 0 Å². The van der Waals surface area contributed by atoms with E-state index in [0.717, 1.165) is 61.9 Å². The number of aryl methyl sites for hydroxylation is 3. The van der Waals surface area contributed by atoms with Gasteiger partial charge in [0, 0.05) is 55.8 Å². The largest absolute Gasteiger partial charge is 0.353 e. The number of benzene rings is 2. The van der Waals surface area contributed by atoms with Gasteiger partial charge in [-0.2, -0.15) is 0 Å². The minimum Gasteiger partial charge on any atom is -0.353 e. The molecule has 0 aliphatic carbocycles. The Labute approximate surface area is 197 Å². The Morgan fingerprint density at radius 2 is 1.67 bits per heavy atom. The minimum absolute atomic E-state index is 0.229. The average Bonchev–Trinajstić information content (AvgIpc) is 2.86. The van der Waals surface area contributed by atoms with E-state index in [1.807, 2.05) is 30.0 Å². The molecule has 1 saturated heterocycles. The van der Waals surface area contributed by atoms with E-state index in [0.29, 0.717) is 6.42 Å². The fraction of sp³-hybridized carbons (Fsp3) is 0.393. The molecule has 1 amide bonds. The third kappa shape index (κ3) is 5.08. The summed E-state index contributed by atoms with van der Waals surface area (Å²) in [6.45, 7) is 11.5. The Morgan fingerprint density at radius 1 is 0.939 bits per heavy atom. The zero-order chi connectivity index (χ0) is 23.4. The summed E-state index contributed by atoms with van der Waals surface area (Å²) in [5.74, 6) is 2.02. The lowest BCUT2D eigenvalue weighted by molar-refractivity contribution is -0.131. The molecule has 2 aromatic carbocycles. The number of carbonyl (C=O) groups excluding carboxylic acids is 1. The molecule has 0 bridgehead atoms. The van der Waals surface area contributed by atoms with Gasteiger partial charge in [0.2, 0.25) is 5.91 Å². The molecule has 5 nitrogen and oxygen atoms in total. The second-order valence-electron chi connectivity index (χ2n) is 8.84. The van der Waals surface area contributed by atoms with Crippen LogP contribution in [-0.2, 0) is 17.6 Å². The maximum atomic E-state index is 12.2. The summed E-state index contributed by atoms with van der Waals surface area (Å²) in [5.41, 5.74) is 7.23. The van der Waals surface area contributed by atoms with Crippen molar-refractivity contribution in [2.75, 3.05) is 31.1 Å². The van der Waals surface area contributed by atoms with Crippen LogP contribution in [0.15, 0.2) is 48.5 Å². The highest BCUT2D eigenvalue weighted by Crippen LogP contribution is 2.30. The zero-order valence-electron chi connectivity index (χ0n) is 20.3. The highest BCUT2D eigenvalue weighted by Gasteiger charge is 2.25. The Bertz CT molecular complexity index is 1120. The molecule has 1 aromatic heterocycles. The molecule has 0 atom stereocenters. The summed E-state index contributed by atoms with van der Waals surface area (Å²) in [6.07, 6.45) is 2.22. The van der Waals surface area contributed by atoms with Gasteiger partial charge in [0.15, 0.2) is 5.82 Å². The Morgan fingerprint density at radius 3 is 2.33 bits per heavy atom. The smallest absolute Gasteiger partial charge is 0.222 e. The van der Waals surface area contributed by atoms with Gasteiger partial charge in [-0.25, -0.2) is 9.97 Å². The van der Waals surface area contributed by atoms with Crippen LogP contribution in [0.1, 0.15) is 48.2 Å². The molecule has 0 N–H and O–H groups in total. The van der Waals surface area contributed by atoms with Crippen molar-refractivity contribution < 1.29 is 4.79 Å². The SMILES string of the molecule is CCC(=O)N1CCN(c2nc(-c3ccccc3)nc(CC)c2Cc2cc(C)ccc2C)CC1. The molecule has 1 aliphatic heterocycles. The van der Waals surface area contributed by atoms with Crippen LogP contribution in [0.4, 0.5) is 5.82 Å². The summed E-state index contributed by atoms with van der Waals surface area (Å²) in [4.78, 5) is 26.7. The van der Waals surface area contributed by atoms with Crippen molar-refractivity contribution >= 4 is 11.7 Å². The second kappa shape index (κ2) is 10.2. The van der Waals surface area contributed by atoms with Crippen molar-refractivity contribution in [3.05, 3.63) is 76.5 Å². The predicted molar refractivity (Wildman–Crippen MR) is 135 cm³/mol. The Balaban J connectivity index is 1.77. The van der Waals surface area contributed by atoms with Crippen molar-refractivity contribution in [1.29, 1.82) is 0 Å². The summed E-state index contributed by atoms with van der Waals surface area (Å²) in [7, 11) is 0. The zero-order valence-corrected chi connectivity index (χ0v) is 20.3. The van der Waals surface area contributed by atoms with Crippen molar-refractivity contribution in [3.8, 4) is 11.4 Å². The van der Waals surface area contributed by atoms with Crippen LogP contribution < -0.4 is 4.90 Å². The molecule has 5 heteroatoms. The van der Waals surface area contributed by atoms with Gasteiger partial charge < -0.3 is 9.80 Å². The molecular formula is C28H34N4O. The molecule has 1 aliphatic rings. The maximum absolute atomic E-state index is 12.2. The summed E-state index contributed by atoms with van der Waals surface area (Å²) >= 11 is 0.